The van der Waals surface area contributed by atoms with Crippen molar-refractivity contribution in [3.63, 3.8) is 0 Å². The standard InChI is InChI=1S/C13H20N4O/c1-11-3-2-4-12(15-11)13(18)17-9-7-16(6-5-14)8-10-17/h2-4H,5-10,14H2,1H3. The van der Waals surface area contributed by atoms with Gasteiger partial charge in [0.25, 0.3) is 5.91 Å². The molecular formula is C13H20N4O. The maximum absolute atomic E-state index is 12.2. The molecule has 1 aromatic rings. The molecular weight excluding hydrogens is 228 g/mol. The Bertz CT molecular complexity index is 413. The molecule has 1 fully saturated rings. The summed E-state index contributed by atoms with van der Waals surface area (Å²) < 4.78 is 0. The summed E-state index contributed by atoms with van der Waals surface area (Å²) in [6.07, 6.45) is 0. The molecule has 1 aliphatic heterocycles. The maximum atomic E-state index is 12.2. The van der Waals surface area contributed by atoms with Crippen LogP contribution in [0.4, 0.5) is 0 Å². The van der Waals surface area contributed by atoms with E-state index in [-0.39, 0.29) is 5.91 Å². The van der Waals surface area contributed by atoms with Crippen LogP contribution in [-0.2, 0) is 0 Å². The summed E-state index contributed by atoms with van der Waals surface area (Å²) in [7, 11) is 0. The molecule has 0 spiro atoms. The van der Waals surface area contributed by atoms with Crippen LogP contribution in [0.25, 0.3) is 0 Å². The van der Waals surface area contributed by atoms with Crippen molar-refractivity contribution in [2.75, 3.05) is 39.3 Å². The second kappa shape index (κ2) is 5.93. The molecule has 2 N–H and O–H groups in total. The van der Waals surface area contributed by atoms with Gasteiger partial charge in [0.1, 0.15) is 5.69 Å². The highest BCUT2D eigenvalue weighted by molar-refractivity contribution is 5.92. The molecule has 98 valence electrons. The maximum Gasteiger partial charge on any atom is 0.272 e. The summed E-state index contributed by atoms with van der Waals surface area (Å²) in [6.45, 7) is 6.79. The fourth-order valence-electron chi connectivity index (χ4n) is 2.18. The lowest BCUT2D eigenvalue weighted by Crippen LogP contribution is -2.49. The fraction of sp³-hybridized carbons (Fsp3) is 0.538. The van der Waals surface area contributed by atoms with Crippen LogP contribution in [-0.4, -0.2) is 60.0 Å². The highest BCUT2D eigenvalue weighted by Gasteiger charge is 2.22. The van der Waals surface area contributed by atoms with Crippen molar-refractivity contribution in [3.05, 3.63) is 29.6 Å². The van der Waals surface area contributed by atoms with Crippen molar-refractivity contribution in [1.82, 2.24) is 14.8 Å². The van der Waals surface area contributed by atoms with Crippen LogP contribution in [0.2, 0.25) is 0 Å². The first-order chi connectivity index (χ1) is 8.70. The van der Waals surface area contributed by atoms with Crippen molar-refractivity contribution in [1.29, 1.82) is 0 Å². The van der Waals surface area contributed by atoms with Crippen molar-refractivity contribution in [2.24, 2.45) is 5.73 Å². The molecule has 0 aliphatic carbocycles. The Hall–Kier alpha value is -1.46. The van der Waals surface area contributed by atoms with E-state index in [4.69, 9.17) is 5.73 Å². The van der Waals surface area contributed by atoms with E-state index in [9.17, 15) is 4.79 Å². The minimum absolute atomic E-state index is 0.0334. The number of aromatic nitrogens is 1. The van der Waals surface area contributed by atoms with E-state index in [0.717, 1.165) is 38.4 Å². The number of carbonyl (C=O) groups is 1. The normalized spacial score (nSPS) is 16.9. The summed E-state index contributed by atoms with van der Waals surface area (Å²) in [5, 5.41) is 0. The van der Waals surface area contributed by atoms with Crippen LogP contribution in [0.15, 0.2) is 18.2 Å². The van der Waals surface area contributed by atoms with Crippen molar-refractivity contribution < 1.29 is 4.79 Å². The number of piperazine rings is 1. The van der Waals surface area contributed by atoms with Gasteiger partial charge < -0.3 is 10.6 Å². The molecule has 0 saturated carbocycles. The molecule has 5 nitrogen and oxygen atoms in total. The van der Waals surface area contributed by atoms with E-state index >= 15 is 0 Å². The van der Waals surface area contributed by atoms with Crippen LogP contribution in [0, 0.1) is 6.92 Å². The molecule has 1 saturated heterocycles. The van der Waals surface area contributed by atoms with Crippen molar-refractivity contribution >= 4 is 5.91 Å². The summed E-state index contributed by atoms with van der Waals surface area (Å²) in [4.78, 5) is 20.7. The summed E-state index contributed by atoms with van der Waals surface area (Å²) in [6, 6.07) is 5.55. The molecule has 5 heteroatoms. The van der Waals surface area contributed by atoms with E-state index in [0.29, 0.717) is 12.2 Å². The van der Waals surface area contributed by atoms with Crippen molar-refractivity contribution in [2.45, 2.75) is 6.92 Å². The predicted molar refractivity (Wildman–Crippen MR) is 70.4 cm³/mol. The Morgan fingerprint density at radius 2 is 2.06 bits per heavy atom. The Labute approximate surface area is 108 Å². The van der Waals surface area contributed by atoms with Crippen LogP contribution in [0.3, 0.4) is 0 Å². The number of rotatable bonds is 3. The lowest BCUT2D eigenvalue weighted by atomic mass is 10.2. The Morgan fingerprint density at radius 1 is 1.33 bits per heavy atom. The molecule has 18 heavy (non-hydrogen) atoms. The van der Waals surface area contributed by atoms with E-state index < -0.39 is 0 Å². The van der Waals surface area contributed by atoms with Gasteiger partial charge in [0, 0.05) is 45.0 Å². The van der Waals surface area contributed by atoms with E-state index in [2.05, 4.69) is 9.88 Å². The average Bonchev–Trinajstić information content (AvgIpc) is 2.39. The van der Waals surface area contributed by atoms with Crippen molar-refractivity contribution in [3.8, 4) is 0 Å². The molecule has 2 rings (SSSR count). The van der Waals surface area contributed by atoms with Gasteiger partial charge in [-0.15, -0.1) is 0 Å². The monoisotopic (exact) mass is 248 g/mol. The minimum atomic E-state index is 0.0334. The van der Waals surface area contributed by atoms with Gasteiger partial charge in [0.2, 0.25) is 0 Å². The van der Waals surface area contributed by atoms with Gasteiger partial charge in [0.05, 0.1) is 0 Å². The second-order valence-electron chi connectivity index (χ2n) is 4.59. The first kappa shape index (κ1) is 13.0. The number of amides is 1. The second-order valence-corrected chi connectivity index (χ2v) is 4.59. The number of pyridine rings is 1. The fourth-order valence-corrected chi connectivity index (χ4v) is 2.18. The first-order valence-electron chi connectivity index (χ1n) is 6.36. The number of hydrogen-bond donors (Lipinski definition) is 1. The number of aryl methyl sites for hydroxylation is 1. The number of nitrogens with two attached hydrogens (primary N) is 1. The third-order valence-corrected chi connectivity index (χ3v) is 3.21. The van der Waals surface area contributed by atoms with Gasteiger partial charge in [-0.05, 0) is 19.1 Å². The zero-order valence-corrected chi connectivity index (χ0v) is 10.8. The highest BCUT2D eigenvalue weighted by Crippen LogP contribution is 2.07. The zero-order chi connectivity index (χ0) is 13.0. The molecule has 0 radical (unpaired) electrons. The molecule has 0 aromatic carbocycles. The third kappa shape index (κ3) is 3.05. The average molecular weight is 248 g/mol. The van der Waals surface area contributed by atoms with Gasteiger partial charge in [-0.2, -0.15) is 0 Å². The largest absolute Gasteiger partial charge is 0.335 e. The quantitative estimate of drug-likeness (QED) is 0.824. The minimum Gasteiger partial charge on any atom is -0.335 e. The van der Waals surface area contributed by atoms with Gasteiger partial charge in [-0.1, -0.05) is 6.07 Å². The van der Waals surface area contributed by atoms with E-state index in [1.807, 2.05) is 24.0 Å². The van der Waals surface area contributed by atoms with Gasteiger partial charge >= 0.3 is 0 Å². The smallest absolute Gasteiger partial charge is 0.272 e. The molecule has 2 heterocycles. The lowest BCUT2D eigenvalue weighted by molar-refractivity contribution is 0.0635. The molecule has 0 atom stereocenters. The zero-order valence-electron chi connectivity index (χ0n) is 10.8. The summed E-state index contributed by atoms with van der Waals surface area (Å²) in [5.41, 5.74) is 6.95. The topological polar surface area (TPSA) is 62.5 Å². The summed E-state index contributed by atoms with van der Waals surface area (Å²) in [5.74, 6) is 0.0334. The molecule has 0 bridgehead atoms. The predicted octanol–water partition coefficient (Wildman–Crippen LogP) is 0.107. The lowest BCUT2D eigenvalue weighted by Gasteiger charge is -2.34. The highest BCUT2D eigenvalue weighted by atomic mass is 16.2. The number of carbonyl (C=O) groups excluding carboxylic acids is 1. The van der Waals surface area contributed by atoms with Gasteiger partial charge in [0.15, 0.2) is 0 Å². The molecule has 1 aromatic heterocycles. The Balaban J connectivity index is 1.95. The Kier molecular flexibility index (Phi) is 4.28. The molecule has 1 amide bonds. The number of hydrogen-bond acceptors (Lipinski definition) is 4. The van der Waals surface area contributed by atoms with Crippen LogP contribution >= 0.6 is 0 Å². The third-order valence-electron chi connectivity index (χ3n) is 3.21. The molecule has 0 unspecified atom stereocenters. The molecule has 1 aliphatic rings. The van der Waals surface area contributed by atoms with Gasteiger partial charge in [-0.3, -0.25) is 9.69 Å². The summed E-state index contributed by atoms with van der Waals surface area (Å²) >= 11 is 0. The first-order valence-corrected chi connectivity index (χ1v) is 6.36. The van der Waals surface area contributed by atoms with Crippen LogP contribution < -0.4 is 5.73 Å². The van der Waals surface area contributed by atoms with E-state index in [1.54, 1.807) is 6.07 Å². The Morgan fingerprint density at radius 3 is 2.67 bits per heavy atom. The van der Waals surface area contributed by atoms with Gasteiger partial charge in [-0.25, -0.2) is 4.98 Å². The van der Waals surface area contributed by atoms with Crippen LogP contribution in [0.5, 0.6) is 0 Å². The number of nitrogens with zero attached hydrogens (tertiary/aromatic N) is 3. The van der Waals surface area contributed by atoms with Crippen LogP contribution in [0.1, 0.15) is 16.2 Å². The van der Waals surface area contributed by atoms with E-state index in [1.165, 1.54) is 0 Å². The SMILES string of the molecule is Cc1cccc(C(=O)N2CCN(CCN)CC2)n1.